The van der Waals surface area contributed by atoms with Crippen LogP contribution in [0.5, 0.6) is 5.88 Å². The number of ether oxygens (including phenoxy) is 1. The number of likely N-dealkylation sites (N-methyl/N-ethyl adjacent to an activating group) is 1. The van der Waals surface area contributed by atoms with E-state index >= 15 is 0 Å². The van der Waals surface area contributed by atoms with Gasteiger partial charge in [0.1, 0.15) is 5.82 Å². The molecule has 18 heavy (non-hydrogen) atoms. The van der Waals surface area contributed by atoms with Gasteiger partial charge in [-0.2, -0.15) is 9.97 Å². The predicted octanol–water partition coefficient (Wildman–Crippen LogP) is 0.598. The molecule has 6 nitrogen and oxygen atoms in total. The average Bonchev–Trinajstić information content (AvgIpc) is 2.37. The highest BCUT2D eigenvalue weighted by atomic mass is 16.5. The van der Waals surface area contributed by atoms with Crippen LogP contribution in [0, 0.1) is 0 Å². The second kappa shape index (κ2) is 5.39. The predicted molar refractivity (Wildman–Crippen MR) is 71.9 cm³/mol. The molecule has 0 bridgehead atoms. The maximum atomic E-state index is 5.69. The van der Waals surface area contributed by atoms with Gasteiger partial charge in [0, 0.05) is 31.7 Å². The van der Waals surface area contributed by atoms with Gasteiger partial charge in [-0.3, -0.25) is 4.90 Å². The average molecular weight is 251 g/mol. The molecule has 0 aromatic carbocycles. The van der Waals surface area contributed by atoms with Gasteiger partial charge in [0.15, 0.2) is 0 Å². The van der Waals surface area contributed by atoms with Gasteiger partial charge in [-0.25, -0.2) is 0 Å². The zero-order chi connectivity index (χ0) is 13.1. The number of nitrogen functional groups attached to an aromatic ring is 1. The molecule has 0 radical (unpaired) electrons. The molecule has 1 aliphatic rings. The van der Waals surface area contributed by atoms with Crippen molar-refractivity contribution < 1.29 is 4.74 Å². The van der Waals surface area contributed by atoms with Crippen LogP contribution in [-0.2, 0) is 0 Å². The summed E-state index contributed by atoms with van der Waals surface area (Å²) in [5, 5.41) is 0. The van der Waals surface area contributed by atoms with Crippen molar-refractivity contribution in [3.63, 3.8) is 0 Å². The molecule has 1 atom stereocenters. The Morgan fingerprint density at radius 2 is 2.22 bits per heavy atom. The third kappa shape index (κ3) is 2.64. The first-order valence-corrected chi connectivity index (χ1v) is 6.31. The fourth-order valence-electron chi connectivity index (χ4n) is 2.37. The van der Waals surface area contributed by atoms with Gasteiger partial charge < -0.3 is 15.4 Å². The van der Waals surface area contributed by atoms with E-state index < -0.39 is 0 Å². The van der Waals surface area contributed by atoms with Crippen LogP contribution in [0.2, 0.25) is 0 Å². The summed E-state index contributed by atoms with van der Waals surface area (Å²) in [5.74, 6) is 1.62. The van der Waals surface area contributed by atoms with E-state index in [2.05, 4.69) is 33.6 Å². The number of nitrogens with two attached hydrogens (primary N) is 1. The number of nitrogens with zero attached hydrogens (tertiary/aromatic N) is 4. The van der Waals surface area contributed by atoms with Crippen LogP contribution in [-0.4, -0.2) is 54.2 Å². The van der Waals surface area contributed by atoms with Crippen LogP contribution in [0.1, 0.15) is 13.8 Å². The lowest BCUT2D eigenvalue weighted by atomic mass is 10.2. The van der Waals surface area contributed by atoms with Gasteiger partial charge in [0.2, 0.25) is 11.8 Å². The Hall–Kier alpha value is -1.56. The van der Waals surface area contributed by atoms with Gasteiger partial charge in [0.05, 0.1) is 7.11 Å². The summed E-state index contributed by atoms with van der Waals surface area (Å²) in [5.41, 5.74) is 5.69. The summed E-state index contributed by atoms with van der Waals surface area (Å²) in [4.78, 5) is 13.0. The van der Waals surface area contributed by atoms with E-state index in [9.17, 15) is 0 Å². The van der Waals surface area contributed by atoms with Crippen LogP contribution in [0.3, 0.4) is 0 Å². The molecule has 1 fully saturated rings. The van der Waals surface area contributed by atoms with E-state index in [1.54, 1.807) is 7.11 Å². The Morgan fingerprint density at radius 3 is 2.83 bits per heavy atom. The molecule has 1 aliphatic heterocycles. The van der Waals surface area contributed by atoms with Crippen LogP contribution < -0.4 is 15.4 Å². The molecule has 1 unspecified atom stereocenters. The largest absolute Gasteiger partial charge is 0.481 e. The van der Waals surface area contributed by atoms with E-state index in [1.165, 1.54) is 0 Å². The highest BCUT2D eigenvalue weighted by molar-refractivity contribution is 5.46. The summed E-state index contributed by atoms with van der Waals surface area (Å²) in [6.07, 6.45) is 0. The van der Waals surface area contributed by atoms with Gasteiger partial charge in [-0.1, -0.05) is 6.92 Å². The molecule has 2 N–H and O–H groups in total. The molecule has 1 aromatic rings. The van der Waals surface area contributed by atoms with Crippen LogP contribution in [0.15, 0.2) is 6.07 Å². The first kappa shape index (κ1) is 12.9. The van der Waals surface area contributed by atoms with Gasteiger partial charge in [-0.15, -0.1) is 0 Å². The summed E-state index contributed by atoms with van der Waals surface area (Å²) >= 11 is 0. The molecule has 0 aliphatic carbocycles. The molecule has 6 heteroatoms. The molecule has 1 aromatic heterocycles. The second-order valence-electron chi connectivity index (χ2n) is 4.55. The molecular formula is C12H21N5O. The number of aromatic nitrogens is 2. The topological polar surface area (TPSA) is 67.5 Å². The molecular weight excluding hydrogens is 230 g/mol. The van der Waals surface area contributed by atoms with Crippen molar-refractivity contribution in [2.75, 3.05) is 43.9 Å². The molecule has 2 rings (SSSR count). The van der Waals surface area contributed by atoms with E-state index in [0.29, 0.717) is 11.9 Å². The highest BCUT2D eigenvalue weighted by Crippen LogP contribution is 2.21. The summed E-state index contributed by atoms with van der Waals surface area (Å²) < 4.78 is 5.13. The van der Waals surface area contributed by atoms with Crippen LogP contribution in [0.25, 0.3) is 0 Å². The minimum atomic E-state index is 0.259. The van der Waals surface area contributed by atoms with E-state index in [0.717, 1.165) is 32.0 Å². The third-order valence-corrected chi connectivity index (χ3v) is 3.41. The molecule has 2 heterocycles. The van der Waals surface area contributed by atoms with Crippen molar-refractivity contribution in [3.05, 3.63) is 6.07 Å². The normalized spacial score (nSPS) is 21.1. The Balaban J connectivity index is 2.15. The fourth-order valence-corrected chi connectivity index (χ4v) is 2.37. The van der Waals surface area contributed by atoms with Crippen molar-refractivity contribution in [3.8, 4) is 5.88 Å². The minimum Gasteiger partial charge on any atom is -0.481 e. The second-order valence-corrected chi connectivity index (χ2v) is 4.55. The Morgan fingerprint density at radius 1 is 1.44 bits per heavy atom. The molecule has 1 saturated heterocycles. The lowest BCUT2D eigenvalue weighted by molar-refractivity contribution is 0.199. The zero-order valence-corrected chi connectivity index (χ0v) is 11.3. The lowest BCUT2D eigenvalue weighted by Crippen LogP contribution is -2.52. The fraction of sp³-hybridized carbons (Fsp3) is 0.667. The SMILES string of the molecule is CCN1CCN(c2cc(OC)nc(N)n2)CC1C. The first-order valence-electron chi connectivity index (χ1n) is 6.31. The zero-order valence-electron chi connectivity index (χ0n) is 11.3. The Labute approximate surface area is 108 Å². The van der Waals surface area contributed by atoms with Crippen molar-refractivity contribution in [2.45, 2.75) is 19.9 Å². The monoisotopic (exact) mass is 251 g/mol. The molecule has 100 valence electrons. The standard InChI is InChI=1S/C12H21N5O/c1-4-16-5-6-17(8-9(16)2)10-7-11(18-3)15-12(13)14-10/h7,9H,4-6,8H2,1-3H3,(H2,13,14,15). The number of piperazine rings is 1. The maximum Gasteiger partial charge on any atom is 0.225 e. The Bertz CT molecular complexity index is 411. The number of methoxy groups -OCH3 is 1. The number of rotatable bonds is 3. The minimum absolute atomic E-state index is 0.259. The number of anilines is 2. The van der Waals surface area contributed by atoms with Crippen molar-refractivity contribution >= 4 is 11.8 Å². The van der Waals surface area contributed by atoms with Crippen molar-refractivity contribution in [2.24, 2.45) is 0 Å². The van der Waals surface area contributed by atoms with E-state index in [4.69, 9.17) is 10.5 Å². The number of hydrogen-bond donors (Lipinski definition) is 1. The highest BCUT2D eigenvalue weighted by Gasteiger charge is 2.23. The summed E-state index contributed by atoms with van der Waals surface area (Å²) in [7, 11) is 1.59. The number of hydrogen-bond acceptors (Lipinski definition) is 6. The van der Waals surface area contributed by atoms with Crippen LogP contribution >= 0.6 is 0 Å². The van der Waals surface area contributed by atoms with Crippen molar-refractivity contribution in [1.29, 1.82) is 0 Å². The Kier molecular flexibility index (Phi) is 3.86. The quantitative estimate of drug-likeness (QED) is 0.848. The van der Waals surface area contributed by atoms with E-state index in [-0.39, 0.29) is 5.95 Å². The molecule has 0 saturated carbocycles. The smallest absolute Gasteiger partial charge is 0.225 e. The first-order chi connectivity index (χ1) is 8.63. The van der Waals surface area contributed by atoms with Crippen LogP contribution in [0.4, 0.5) is 11.8 Å². The van der Waals surface area contributed by atoms with Gasteiger partial charge >= 0.3 is 0 Å². The lowest BCUT2D eigenvalue weighted by Gasteiger charge is -2.39. The summed E-state index contributed by atoms with van der Waals surface area (Å²) in [6.45, 7) is 8.47. The molecule has 0 spiro atoms. The van der Waals surface area contributed by atoms with Gasteiger partial charge in [0.25, 0.3) is 0 Å². The van der Waals surface area contributed by atoms with Crippen molar-refractivity contribution in [1.82, 2.24) is 14.9 Å². The van der Waals surface area contributed by atoms with Gasteiger partial charge in [-0.05, 0) is 13.5 Å². The molecule has 0 amide bonds. The summed E-state index contributed by atoms with van der Waals surface area (Å²) in [6, 6.07) is 2.36. The third-order valence-electron chi connectivity index (χ3n) is 3.41. The van der Waals surface area contributed by atoms with E-state index in [1.807, 2.05) is 6.07 Å². The maximum absolute atomic E-state index is 5.69.